The summed E-state index contributed by atoms with van der Waals surface area (Å²) in [5.41, 5.74) is 0.891. The number of hydrogen-bond donors (Lipinski definition) is 0. The van der Waals surface area contributed by atoms with Gasteiger partial charge in [-0.05, 0) is 50.3 Å². The summed E-state index contributed by atoms with van der Waals surface area (Å²) < 4.78 is 37.6. The number of halogens is 2. The largest absolute Gasteiger partial charge is 0.383 e. The van der Waals surface area contributed by atoms with Gasteiger partial charge in [0.05, 0.1) is 6.61 Å². The Morgan fingerprint density at radius 2 is 2.04 bits per heavy atom. The predicted molar refractivity (Wildman–Crippen MR) is 91.2 cm³/mol. The first-order valence-corrected chi connectivity index (χ1v) is 8.82. The predicted octanol–water partition coefficient (Wildman–Crippen LogP) is 3.83. The molecule has 5 heteroatoms. The maximum Gasteiger partial charge on any atom is 0.159 e. The molecule has 0 aromatic heterocycles. The Labute approximate surface area is 143 Å². The minimum Gasteiger partial charge on any atom is -0.383 e. The highest BCUT2D eigenvalue weighted by atomic mass is 19.2. The van der Waals surface area contributed by atoms with E-state index in [2.05, 4.69) is 11.8 Å². The summed E-state index contributed by atoms with van der Waals surface area (Å²) in [7, 11) is 1.71. The van der Waals surface area contributed by atoms with Gasteiger partial charge in [-0.3, -0.25) is 4.90 Å². The number of benzene rings is 1. The average molecular weight is 341 g/mol. The second-order valence-electron chi connectivity index (χ2n) is 6.64. The first-order valence-electron chi connectivity index (χ1n) is 8.82. The van der Waals surface area contributed by atoms with Crippen LogP contribution in [0.3, 0.4) is 0 Å². The van der Waals surface area contributed by atoms with E-state index < -0.39 is 11.6 Å². The van der Waals surface area contributed by atoms with Crippen LogP contribution in [0.4, 0.5) is 8.78 Å². The molecular weight excluding hydrogens is 312 g/mol. The number of likely N-dealkylation sites (tertiary alicyclic amines) is 1. The van der Waals surface area contributed by atoms with Crippen LogP contribution in [-0.4, -0.2) is 51.0 Å². The molecule has 2 rings (SSSR count). The molecule has 1 unspecified atom stereocenters. The Morgan fingerprint density at radius 3 is 2.71 bits per heavy atom. The third kappa shape index (κ3) is 4.98. The standard InChI is InChI=1S/C19H29F2NO2/c1-4-24-9-5-6-16-11-22(14(2)13-23-3)12-17(16)15-7-8-18(20)19(21)10-15/h7-8,10,14,16-17H,4-6,9,11-13H2,1-3H3/t14?,16-,17+/m1/s1. The summed E-state index contributed by atoms with van der Waals surface area (Å²) in [4.78, 5) is 2.39. The molecule has 1 aromatic rings. The average Bonchev–Trinajstić information content (AvgIpc) is 2.99. The fourth-order valence-electron chi connectivity index (χ4n) is 3.62. The SMILES string of the molecule is CCOCCC[C@@H]1CN(C(C)COC)C[C@H]1c1ccc(F)c(F)c1. The Morgan fingerprint density at radius 1 is 1.25 bits per heavy atom. The van der Waals surface area contributed by atoms with Crippen molar-refractivity contribution in [1.82, 2.24) is 4.90 Å². The fourth-order valence-corrected chi connectivity index (χ4v) is 3.62. The molecule has 136 valence electrons. The summed E-state index contributed by atoms with van der Waals surface area (Å²) in [5.74, 6) is -0.895. The molecule has 0 N–H and O–H groups in total. The molecule has 0 amide bonds. The molecule has 0 spiro atoms. The van der Waals surface area contributed by atoms with Gasteiger partial charge in [-0.2, -0.15) is 0 Å². The maximum atomic E-state index is 13.7. The summed E-state index contributed by atoms with van der Waals surface area (Å²) in [6.07, 6.45) is 2.02. The Hall–Kier alpha value is -1.04. The van der Waals surface area contributed by atoms with Crippen molar-refractivity contribution in [2.45, 2.75) is 38.6 Å². The number of nitrogens with zero attached hydrogens (tertiary/aromatic N) is 1. The maximum absolute atomic E-state index is 13.7. The third-order valence-corrected chi connectivity index (χ3v) is 4.94. The summed E-state index contributed by atoms with van der Waals surface area (Å²) in [6.45, 7) is 8.12. The van der Waals surface area contributed by atoms with Crippen LogP contribution in [-0.2, 0) is 9.47 Å². The highest BCUT2D eigenvalue weighted by Crippen LogP contribution is 2.37. The van der Waals surface area contributed by atoms with Crippen LogP contribution < -0.4 is 0 Å². The van der Waals surface area contributed by atoms with E-state index in [9.17, 15) is 8.78 Å². The lowest BCUT2D eigenvalue weighted by Gasteiger charge is -2.23. The lowest BCUT2D eigenvalue weighted by Crippen LogP contribution is -2.34. The van der Waals surface area contributed by atoms with E-state index in [1.54, 1.807) is 13.2 Å². The molecule has 3 atom stereocenters. The summed E-state index contributed by atoms with van der Waals surface area (Å²) in [6, 6.07) is 4.64. The highest BCUT2D eigenvalue weighted by Gasteiger charge is 2.35. The highest BCUT2D eigenvalue weighted by molar-refractivity contribution is 5.24. The van der Waals surface area contributed by atoms with Gasteiger partial charge in [0.2, 0.25) is 0 Å². The van der Waals surface area contributed by atoms with Crippen LogP contribution in [0.25, 0.3) is 0 Å². The van der Waals surface area contributed by atoms with Gasteiger partial charge in [0.1, 0.15) is 0 Å². The van der Waals surface area contributed by atoms with E-state index in [1.807, 2.05) is 6.92 Å². The molecule has 3 nitrogen and oxygen atoms in total. The summed E-state index contributed by atoms with van der Waals surface area (Å²) in [5, 5.41) is 0. The molecule has 1 aliphatic rings. The van der Waals surface area contributed by atoms with Gasteiger partial charge in [0, 0.05) is 45.4 Å². The van der Waals surface area contributed by atoms with Gasteiger partial charge >= 0.3 is 0 Å². The zero-order chi connectivity index (χ0) is 17.5. The Balaban J connectivity index is 2.08. The third-order valence-electron chi connectivity index (χ3n) is 4.94. The van der Waals surface area contributed by atoms with Crippen LogP contribution in [0.15, 0.2) is 18.2 Å². The van der Waals surface area contributed by atoms with Crippen LogP contribution in [0.2, 0.25) is 0 Å². The van der Waals surface area contributed by atoms with Crippen molar-refractivity contribution in [3.05, 3.63) is 35.4 Å². The van der Waals surface area contributed by atoms with Gasteiger partial charge in [0.25, 0.3) is 0 Å². The number of hydrogen-bond acceptors (Lipinski definition) is 3. The number of rotatable bonds is 9. The van der Waals surface area contributed by atoms with Crippen molar-refractivity contribution in [3.8, 4) is 0 Å². The van der Waals surface area contributed by atoms with Crippen molar-refractivity contribution in [1.29, 1.82) is 0 Å². The van der Waals surface area contributed by atoms with E-state index in [0.29, 0.717) is 18.6 Å². The van der Waals surface area contributed by atoms with Crippen LogP contribution in [0.5, 0.6) is 0 Å². The van der Waals surface area contributed by atoms with Gasteiger partial charge in [-0.15, -0.1) is 0 Å². The first kappa shape index (κ1) is 19.3. The van der Waals surface area contributed by atoms with Gasteiger partial charge < -0.3 is 9.47 Å². The zero-order valence-corrected chi connectivity index (χ0v) is 14.9. The minimum absolute atomic E-state index is 0.223. The second-order valence-corrected chi connectivity index (χ2v) is 6.64. The number of methoxy groups -OCH3 is 1. The van der Waals surface area contributed by atoms with Gasteiger partial charge in [0.15, 0.2) is 11.6 Å². The molecule has 1 saturated heterocycles. The number of ether oxygens (including phenoxy) is 2. The molecule has 24 heavy (non-hydrogen) atoms. The normalized spacial score (nSPS) is 22.9. The molecule has 1 aromatic carbocycles. The second kappa shape index (κ2) is 9.44. The fraction of sp³-hybridized carbons (Fsp3) is 0.684. The van der Waals surface area contributed by atoms with E-state index >= 15 is 0 Å². The lowest BCUT2D eigenvalue weighted by molar-refractivity contribution is 0.110. The van der Waals surface area contributed by atoms with E-state index in [4.69, 9.17) is 9.47 Å². The van der Waals surface area contributed by atoms with Crippen molar-refractivity contribution >= 4 is 0 Å². The van der Waals surface area contributed by atoms with E-state index in [-0.39, 0.29) is 5.92 Å². The quantitative estimate of drug-likeness (QED) is 0.637. The molecule has 1 heterocycles. The lowest BCUT2D eigenvalue weighted by atomic mass is 9.86. The molecule has 1 fully saturated rings. The topological polar surface area (TPSA) is 21.7 Å². The molecule has 0 bridgehead atoms. The van der Waals surface area contributed by atoms with E-state index in [0.717, 1.165) is 44.7 Å². The van der Waals surface area contributed by atoms with Crippen molar-refractivity contribution in [2.75, 3.05) is 40.0 Å². The first-order chi connectivity index (χ1) is 11.6. The summed E-state index contributed by atoms with van der Waals surface area (Å²) >= 11 is 0. The van der Waals surface area contributed by atoms with Crippen molar-refractivity contribution < 1.29 is 18.3 Å². The molecule has 0 radical (unpaired) electrons. The van der Waals surface area contributed by atoms with Gasteiger partial charge in [-0.1, -0.05) is 6.07 Å². The molecule has 1 aliphatic heterocycles. The van der Waals surface area contributed by atoms with Crippen LogP contribution in [0.1, 0.15) is 38.2 Å². The van der Waals surface area contributed by atoms with Crippen LogP contribution in [0, 0.1) is 17.6 Å². The zero-order valence-electron chi connectivity index (χ0n) is 14.9. The Bertz CT molecular complexity index is 512. The monoisotopic (exact) mass is 341 g/mol. The molecular formula is C19H29F2NO2. The molecule has 0 aliphatic carbocycles. The smallest absolute Gasteiger partial charge is 0.159 e. The van der Waals surface area contributed by atoms with Crippen molar-refractivity contribution in [3.63, 3.8) is 0 Å². The van der Waals surface area contributed by atoms with E-state index in [1.165, 1.54) is 12.1 Å². The van der Waals surface area contributed by atoms with Gasteiger partial charge in [-0.25, -0.2) is 8.78 Å². The van der Waals surface area contributed by atoms with Crippen molar-refractivity contribution in [2.24, 2.45) is 5.92 Å². The Kier molecular flexibility index (Phi) is 7.59. The van der Waals surface area contributed by atoms with Crippen LogP contribution >= 0.6 is 0 Å². The molecule has 0 saturated carbocycles. The minimum atomic E-state index is -0.783.